The van der Waals surface area contributed by atoms with Crippen LogP contribution in [0.1, 0.15) is 5.56 Å². The van der Waals surface area contributed by atoms with Crippen LogP contribution < -0.4 is 5.73 Å². The zero-order valence-electron chi connectivity index (χ0n) is 9.76. The Labute approximate surface area is 113 Å². The summed E-state index contributed by atoms with van der Waals surface area (Å²) in [7, 11) is 0. The number of hydrogen-bond donors (Lipinski definition) is 1. The maximum atomic E-state index is 5.67. The van der Waals surface area contributed by atoms with Gasteiger partial charge in [-0.25, -0.2) is 9.50 Å². The van der Waals surface area contributed by atoms with E-state index in [1.165, 1.54) is 0 Å². The van der Waals surface area contributed by atoms with Crippen LogP contribution >= 0.6 is 15.9 Å². The predicted molar refractivity (Wildman–Crippen MR) is 75.3 cm³/mol. The van der Waals surface area contributed by atoms with Crippen LogP contribution in [0.5, 0.6) is 0 Å². The first-order valence-electron chi connectivity index (χ1n) is 5.52. The molecule has 0 unspecified atom stereocenters. The Kier molecular flexibility index (Phi) is 2.56. The van der Waals surface area contributed by atoms with Gasteiger partial charge >= 0.3 is 0 Å². The maximum Gasteiger partial charge on any atom is 0.182 e. The van der Waals surface area contributed by atoms with Crippen molar-refractivity contribution in [2.75, 3.05) is 5.73 Å². The van der Waals surface area contributed by atoms with Gasteiger partial charge < -0.3 is 5.73 Å². The van der Waals surface area contributed by atoms with Crippen LogP contribution in [0.25, 0.3) is 17.0 Å². The molecule has 90 valence electrons. The molecule has 0 amide bonds. The van der Waals surface area contributed by atoms with E-state index in [0.29, 0.717) is 5.82 Å². The van der Waals surface area contributed by atoms with Gasteiger partial charge in [0.05, 0.1) is 0 Å². The van der Waals surface area contributed by atoms with Crippen LogP contribution in [0.4, 0.5) is 5.69 Å². The number of anilines is 1. The van der Waals surface area contributed by atoms with Crippen LogP contribution in [0.15, 0.2) is 41.0 Å². The first-order chi connectivity index (χ1) is 8.63. The summed E-state index contributed by atoms with van der Waals surface area (Å²) in [5, 5.41) is 4.47. The van der Waals surface area contributed by atoms with E-state index in [2.05, 4.69) is 26.0 Å². The molecule has 0 bridgehead atoms. The number of rotatable bonds is 1. The molecule has 4 nitrogen and oxygen atoms in total. The lowest BCUT2D eigenvalue weighted by atomic mass is 10.2. The molecule has 3 aromatic rings. The molecule has 2 heterocycles. The number of aromatic nitrogens is 3. The van der Waals surface area contributed by atoms with Crippen molar-refractivity contribution >= 4 is 27.3 Å². The molecule has 3 rings (SSSR count). The highest BCUT2D eigenvalue weighted by Crippen LogP contribution is 2.21. The van der Waals surface area contributed by atoms with E-state index in [-0.39, 0.29) is 0 Å². The smallest absolute Gasteiger partial charge is 0.182 e. The zero-order valence-corrected chi connectivity index (χ0v) is 11.3. The highest BCUT2D eigenvalue weighted by molar-refractivity contribution is 9.10. The Hall–Kier alpha value is -1.88. The van der Waals surface area contributed by atoms with E-state index >= 15 is 0 Å². The molecule has 0 aliphatic rings. The largest absolute Gasteiger partial charge is 0.399 e. The van der Waals surface area contributed by atoms with Gasteiger partial charge in [0.2, 0.25) is 0 Å². The third-order valence-electron chi connectivity index (χ3n) is 2.75. The molecule has 0 saturated heterocycles. The monoisotopic (exact) mass is 302 g/mol. The van der Waals surface area contributed by atoms with Crippen molar-refractivity contribution in [1.82, 2.24) is 14.6 Å². The molecule has 0 atom stereocenters. The molecule has 0 spiro atoms. The Balaban J connectivity index is 2.19. The van der Waals surface area contributed by atoms with Crippen LogP contribution in [0.2, 0.25) is 0 Å². The molecule has 18 heavy (non-hydrogen) atoms. The van der Waals surface area contributed by atoms with E-state index in [9.17, 15) is 0 Å². The first kappa shape index (κ1) is 11.2. The second-order valence-electron chi connectivity index (χ2n) is 4.17. The van der Waals surface area contributed by atoms with Gasteiger partial charge in [-0.05, 0) is 58.7 Å². The third kappa shape index (κ3) is 1.86. The Morgan fingerprint density at radius 2 is 1.94 bits per heavy atom. The molecular formula is C13H11BrN4. The molecule has 0 aliphatic carbocycles. The van der Waals surface area contributed by atoms with Crippen LogP contribution in [-0.2, 0) is 0 Å². The van der Waals surface area contributed by atoms with Crippen LogP contribution in [0.3, 0.4) is 0 Å². The fourth-order valence-electron chi connectivity index (χ4n) is 1.86. The average Bonchev–Trinajstić information content (AvgIpc) is 2.74. The SMILES string of the molecule is Cc1cc(Br)cn2nc(-c3ccc(N)cc3)nc12. The van der Waals surface area contributed by atoms with Crippen molar-refractivity contribution < 1.29 is 0 Å². The van der Waals surface area contributed by atoms with E-state index < -0.39 is 0 Å². The van der Waals surface area contributed by atoms with E-state index in [1.807, 2.05) is 43.5 Å². The van der Waals surface area contributed by atoms with Crippen LogP contribution in [0, 0.1) is 6.92 Å². The van der Waals surface area contributed by atoms with E-state index in [0.717, 1.165) is 26.9 Å². The summed E-state index contributed by atoms with van der Waals surface area (Å²) in [5.41, 5.74) is 9.32. The van der Waals surface area contributed by atoms with Crippen molar-refractivity contribution in [3.63, 3.8) is 0 Å². The van der Waals surface area contributed by atoms with Crippen LogP contribution in [-0.4, -0.2) is 14.6 Å². The lowest BCUT2D eigenvalue weighted by Gasteiger charge is -1.96. The second-order valence-corrected chi connectivity index (χ2v) is 5.08. The molecule has 2 aromatic heterocycles. The van der Waals surface area contributed by atoms with Crippen molar-refractivity contribution in [1.29, 1.82) is 0 Å². The van der Waals surface area contributed by atoms with Crippen molar-refractivity contribution in [3.8, 4) is 11.4 Å². The summed E-state index contributed by atoms with van der Waals surface area (Å²) in [6, 6.07) is 9.58. The minimum Gasteiger partial charge on any atom is -0.399 e. The Morgan fingerprint density at radius 3 is 2.67 bits per heavy atom. The highest BCUT2D eigenvalue weighted by atomic mass is 79.9. The number of halogens is 1. The van der Waals surface area contributed by atoms with Gasteiger partial charge in [-0.15, -0.1) is 5.10 Å². The highest BCUT2D eigenvalue weighted by Gasteiger charge is 2.08. The Bertz CT molecular complexity index is 716. The maximum absolute atomic E-state index is 5.67. The molecule has 0 saturated carbocycles. The third-order valence-corrected chi connectivity index (χ3v) is 3.19. The quantitative estimate of drug-likeness (QED) is 0.703. The lowest BCUT2D eigenvalue weighted by Crippen LogP contribution is -1.89. The van der Waals surface area contributed by atoms with Gasteiger partial charge in [0, 0.05) is 21.9 Å². The molecule has 0 fully saturated rings. The zero-order chi connectivity index (χ0) is 12.7. The first-order valence-corrected chi connectivity index (χ1v) is 6.31. The number of hydrogen-bond acceptors (Lipinski definition) is 3. The molecule has 5 heteroatoms. The van der Waals surface area contributed by atoms with Gasteiger partial charge in [0.1, 0.15) is 0 Å². The molecule has 0 aliphatic heterocycles. The summed E-state index contributed by atoms with van der Waals surface area (Å²) in [6.07, 6.45) is 1.90. The number of pyridine rings is 1. The van der Waals surface area contributed by atoms with E-state index in [4.69, 9.17) is 5.73 Å². The number of benzene rings is 1. The number of aryl methyl sites for hydroxylation is 1. The van der Waals surface area contributed by atoms with Gasteiger partial charge in [0.25, 0.3) is 0 Å². The van der Waals surface area contributed by atoms with Gasteiger partial charge in [-0.3, -0.25) is 0 Å². The minimum atomic E-state index is 0.705. The summed E-state index contributed by atoms with van der Waals surface area (Å²) < 4.78 is 2.77. The fourth-order valence-corrected chi connectivity index (χ4v) is 2.40. The Morgan fingerprint density at radius 1 is 1.22 bits per heavy atom. The second kappa shape index (κ2) is 4.10. The van der Waals surface area contributed by atoms with Gasteiger partial charge in [0.15, 0.2) is 11.5 Å². The normalized spacial score (nSPS) is 11.0. The van der Waals surface area contributed by atoms with Gasteiger partial charge in [-0.1, -0.05) is 0 Å². The van der Waals surface area contributed by atoms with Crippen molar-refractivity contribution in [3.05, 3.63) is 46.6 Å². The summed E-state index contributed by atoms with van der Waals surface area (Å²) in [6.45, 7) is 2.02. The van der Waals surface area contributed by atoms with Crippen molar-refractivity contribution in [2.45, 2.75) is 6.92 Å². The topological polar surface area (TPSA) is 56.2 Å². The molecule has 0 radical (unpaired) electrons. The van der Waals surface area contributed by atoms with Crippen molar-refractivity contribution in [2.24, 2.45) is 0 Å². The number of fused-ring (bicyclic) bond motifs is 1. The fraction of sp³-hybridized carbons (Fsp3) is 0.0769. The summed E-state index contributed by atoms with van der Waals surface area (Å²) >= 11 is 3.45. The number of nitrogens with zero attached hydrogens (tertiary/aromatic N) is 3. The molecular weight excluding hydrogens is 292 g/mol. The van der Waals surface area contributed by atoms with Gasteiger partial charge in [-0.2, -0.15) is 0 Å². The van der Waals surface area contributed by atoms with E-state index in [1.54, 1.807) is 4.52 Å². The lowest BCUT2D eigenvalue weighted by molar-refractivity contribution is 0.955. The minimum absolute atomic E-state index is 0.705. The number of nitrogen functional groups attached to an aromatic ring is 1. The molecule has 1 aromatic carbocycles. The predicted octanol–water partition coefficient (Wildman–Crippen LogP) is 3.05. The molecule has 2 N–H and O–H groups in total. The summed E-state index contributed by atoms with van der Waals surface area (Å²) in [4.78, 5) is 4.54. The summed E-state index contributed by atoms with van der Waals surface area (Å²) in [5.74, 6) is 0.705. The average molecular weight is 303 g/mol. The number of nitrogens with two attached hydrogens (primary N) is 1. The standard InChI is InChI=1S/C13H11BrN4/c1-8-6-10(14)7-18-13(8)16-12(17-18)9-2-4-11(15)5-3-9/h2-7H,15H2,1H3.